The second kappa shape index (κ2) is 4.31. The predicted octanol–water partition coefficient (Wildman–Crippen LogP) is 1.98. The molecule has 0 radical (unpaired) electrons. The minimum absolute atomic E-state index is 0.0216. The number of rotatable bonds is 2. The molecule has 8 heteroatoms. The Morgan fingerprint density at radius 3 is 2.53 bits per heavy atom. The molecular weight excluding hydrogens is 267 g/mol. The van der Waals surface area contributed by atoms with Gasteiger partial charge in [0.05, 0.1) is 5.69 Å². The normalized spacial score (nSPS) is 10.5. The summed E-state index contributed by atoms with van der Waals surface area (Å²) in [5, 5.41) is 20.5. The number of carbonyl (C=O) groups is 1. The van der Waals surface area contributed by atoms with Crippen LogP contribution in [0, 0.1) is 6.92 Å². The van der Waals surface area contributed by atoms with Crippen LogP contribution in [0.5, 0.6) is 0 Å². The van der Waals surface area contributed by atoms with Crippen molar-refractivity contribution in [2.45, 2.75) is 6.92 Å². The van der Waals surface area contributed by atoms with Crippen molar-refractivity contribution in [3.8, 4) is 5.82 Å². The van der Waals surface area contributed by atoms with Crippen molar-refractivity contribution in [2.75, 3.05) is 0 Å². The number of aromatic nitrogens is 4. The zero-order chi connectivity index (χ0) is 12.6. The van der Waals surface area contributed by atoms with Gasteiger partial charge < -0.3 is 5.11 Å². The molecule has 1 N–H and O–H groups in total. The highest BCUT2D eigenvalue weighted by Crippen LogP contribution is 2.22. The first-order valence-electron chi connectivity index (χ1n) is 4.48. The minimum atomic E-state index is -1.14. The van der Waals surface area contributed by atoms with E-state index in [9.17, 15) is 4.79 Å². The molecule has 17 heavy (non-hydrogen) atoms. The fourth-order valence-corrected chi connectivity index (χ4v) is 1.76. The zero-order valence-corrected chi connectivity index (χ0v) is 10.1. The van der Waals surface area contributed by atoms with Gasteiger partial charge in [-0.05, 0) is 19.1 Å². The van der Waals surface area contributed by atoms with Gasteiger partial charge in [0, 0.05) is 0 Å². The first-order valence-corrected chi connectivity index (χ1v) is 5.24. The van der Waals surface area contributed by atoms with E-state index in [2.05, 4.69) is 15.3 Å². The largest absolute Gasteiger partial charge is 0.478 e. The van der Waals surface area contributed by atoms with Crippen LogP contribution in [-0.2, 0) is 0 Å². The number of halogens is 2. The first kappa shape index (κ1) is 11.8. The predicted molar refractivity (Wildman–Crippen MR) is 60.9 cm³/mol. The Morgan fingerprint density at radius 2 is 2.06 bits per heavy atom. The van der Waals surface area contributed by atoms with Crippen LogP contribution in [0.4, 0.5) is 0 Å². The van der Waals surface area contributed by atoms with E-state index in [-0.39, 0.29) is 15.9 Å². The van der Waals surface area contributed by atoms with Gasteiger partial charge in [0.1, 0.15) is 10.7 Å². The maximum atomic E-state index is 10.9. The molecule has 0 saturated heterocycles. The van der Waals surface area contributed by atoms with Crippen molar-refractivity contribution in [3.05, 3.63) is 33.7 Å². The summed E-state index contributed by atoms with van der Waals surface area (Å²) in [7, 11) is 0. The summed E-state index contributed by atoms with van der Waals surface area (Å²) in [5.41, 5.74) is 0.252. The fourth-order valence-electron chi connectivity index (χ4n) is 1.32. The number of carboxylic acids is 1. The summed E-state index contributed by atoms with van der Waals surface area (Å²) in [4.78, 5) is 10.9. The second-order valence-electron chi connectivity index (χ2n) is 3.18. The van der Waals surface area contributed by atoms with Gasteiger partial charge in [-0.15, -0.1) is 10.2 Å². The molecule has 2 heterocycles. The van der Waals surface area contributed by atoms with Crippen molar-refractivity contribution < 1.29 is 9.90 Å². The van der Waals surface area contributed by atoms with Gasteiger partial charge >= 0.3 is 5.97 Å². The Balaban J connectivity index is 2.57. The van der Waals surface area contributed by atoms with Gasteiger partial charge in [-0.1, -0.05) is 23.2 Å². The van der Waals surface area contributed by atoms with E-state index in [1.807, 2.05) is 0 Å². The SMILES string of the molecule is Cc1nn(-c2ccc(Cl)nn2)c(Cl)c1C(=O)O. The van der Waals surface area contributed by atoms with Crippen molar-refractivity contribution >= 4 is 29.2 Å². The Kier molecular flexibility index (Phi) is 2.99. The molecule has 2 aromatic heterocycles. The molecule has 0 bridgehead atoms. The summed E-state index contributed by atoms with van der Waals surface area (Å²) in [6, 6.07) is 3.05. The number of nitrogens with zero attached hydrogens (tertiary/aromatic N) is 4. The van der Waals surface area contributed by atoms with Crippen LogP contribution in [0.15, 0.2) is 12.1 Å². The van der Waals surface area contributed by atoms with Crippen molar-refractivity contribution in [2.24, 2.45) is 0 Å². The summed E-state index contributed by atoms with van der Waals surface area (Å²) < 4.78 is 1.20. The van der Waals surface area contributed by atoms with Gasteiger partial charge in [-0.3, -0.25) is 0 Å². The number of carboxylic acid groups (broad SMARTS) is 1. The average Bonchev–Trinajstić information content (AvgIpc) is 2.55. The molecule has 2 rings (SSSR count). The molecule has 0 fully saturated rings. The summed E-state index contributed by atoms with van der Waals surface area (Å²) >= 11 is 11.5. The standard InChI is InChI=1S/C9H6Cl2N4O2/c1-4-7(9(16)17)8(11)15(14-4)6-3-2-5(10)12-13-6/h2-3H,1H3,(H,16,17). The lowest BCUT2D eigenvalue weighted by atomic mass is 10.3. The van der Waals surface area contributed by atoms with E-state index in [0.717, 1.165) is 0 Å². The summed E-state index contributed by atoms with van der Waals surface area (Å²) in [6.07, 6.45) is 0. The molecule has 0 saturated carbocycles. The first-order chi connectivity index (χ1) is 8.00. The van der Waals surface area contributed by atoms with Gasteiger partial charge in [0.2, 0.25) is 0 Å². The maximum Gasteiger partial charge on any atom is 0.340 e. The molecule has 88 valence electrons. The quantitative estimate of drug-likeness (QED) is 0.904. The third-order valence-electron chi connectivity index (χ3n) is 2.05. The lowest BCUT2D eigenvalue weighted by molar-refractivity contribution is 0.0696. The summed E-state index contributed by atoms with van der Waals surface area (Å²) in [5.74, 6) is -0.837. The summed E-state index contributed by atoms with van der Waals surface area (Å²) in [6.45, 7) is 1.55. The molecule has 6 nitrogen and oxygen atoms in total. The lowest BCUT2D eigenvalue weighted by Crippen LogP contribution is -2.02. The molecule has 0 amide bonds. The van der Waals surface area contributed by atoms with Gasteiger partial charge in [-0.2, -0.15) is 5.10 Å². The van der Waals surface area contributed by atoms with Crippen LogP contribution in [0.25, 0.3) is 5.82 Å². The van der Waals surface area contributed by atoms with E-state index in [0.29, 0.717) is 11.5 Å². The van der Waals surface area contributed by atoms with Crippen LogP contribution < -0.4 is 0 Å². The van der Waals surface area contributed by atoms with E-state index in [1.165, 1.54) is 10.7 Å². The minimum Gasteiger partial charge on any atom is -0.478 e. The van der Waals surface area contributed by atoms with Crippen molar-refractivity contribution in [1.29, 1.82) is 0 Å². The lowest BCUT2D eigenvalue weighted by Gasteiger charge is -2.00. The van der Waals surface area contributed by atoms with Crippen LogP contribution in [0.2, 0.25) is 10.3 Å². The highest BCUT2D eigenvalue weighted by molar-refractivity contribution is 6.33. The van der Waals surface area contributed by atoms with Crippen molar-refractivity contribution in [1.82, 2.24) is 20.0 Å². The smallest absolute Gasteiger partial charge is 0.340 e. The Labute approximate surface area is 106 Å². The number of aromatic carboxylic acids is 1. The fraction of sp³-hybridized carbons (Fsp3) is 0.111. The highest BCUT2D eigenvalue weighted by Gasteiger charge is 2.20. The third-order valence-corrected chi connectivity index (χ3v) is 2.60. The van der Waals surface area contributed by atoms with E-state index in [4.69, 9.17) is 28.3 Å². The molecule has 0 unspecified atom stereocenters. The van der Waals surface area contributed by atoms with Gasteiger partial charge in [-0.25, -0.2) is 9.48 Å². The Bertz CT molecular complexity index is 579. The van der Waals surface area contributed by atoms with Crippen LogP contribution in [-0.4, -0.2) is 31.1 Å². The molecule has 0 spiro atoms. The number of aryl methyl sites for hydroxylation is 1. The Morgan fingerprint density at radius 1 is 1.35 bits per heavy atom. The molecule has 0 aliphatic rings. The molecular formula is C9H6Cl2N4O2. The van der Waals surface area contributed by atoms with Crippen LogP contribution in [0.3, 0.4) is 0 Å². The van der Waals surface area contributed by atoms with E-state index in [1.54, 1.807) is 13.0 Å². The molecule has 0 aromatic carbocycles. The molecule has 0 aliphatic heterocycles. The second-order valence-corrected chi connectivity index (χ2v) is 3.93. The Hall–Kier alpha value is -1.66. The van der Waals surface area contributed by atoms with Crippen LogP contribution >= 0.6 is 23.2 Å². The maximum absolute atomic E-state index is 10.9. The zero-order valence-electron chi connectivity index (χ0n) is 8.55. The third kappa shape index (κ3) is 2.09. The molecule has 2 aromatic rings. The van der Waals surface area contributed by atoms with Crippen LogP contribution in [0.1, 0.15) is 16.1 Å². The highest BCUT2D eigenvalue weighted by atomic mass is 35.5. The molecule has 0 aliphatic carbocycles. The van der Waals surface area contributed by atoms with E-state index < -0.39 is 5.97 Å². The van der Waals surface area contributed by atoms with Gasteiger partial charge in [0.15, 0.2) is 11.0 Å². The molecule has 0 atom stereocenters. The van der Waals surface area contributed by atoms with E-state index >= 15 is 0 Å². The number of hydrogen-bond acceptors (Lipinski definition) is 4. The average molecular weight is 273 g/mol. The van der Waals surface area contributed by atoms with Gasteiger partial charge in [0.25, 0.3) is 0 Å². The monoisotopic (exact) mass is 272 g/mol. The van der Waals surface area contributed by atoms with Crippen molar-refractivity contribution in [3.63, 3.8) is 0 Å². The number of hydrogen-bond donors (Lipinski definition) is 1. The topological polar surface area (TPSA) is 80.9 Å².